The van der Waals surface area contributed by atoms with Crippen LogP contribution in [0.2, 0.25) is 0 Å². The molecule has 1 aromatic carbocycles. The highest BCUT2D eigenvalue weighted by Crippen LogP contribution is 2.34. The van der Waals surface area contributed by atoms with Crippen LogP contribution in [-0.4, -0.2) is 18.7 Å². The second-order valence-electron chi connectivity index (χ2n) is 3.82. The third kappa shape index (κ3) is 1.88. The Morgan fingerprint density at radius 3 is 3.06 bits per heavy atom. The summed E-state index contributed by atoms with van der Waals surface area (Å²) in [5.41, 5.74) is 0.470. The molecule has 6 heteroatoms. The lowest BCUT2D eigenvalue weighted by Crippen LogP contribution is -2.28. The van der Waals surface area contributed by atoms with E-state index in [0.29, 0.717) is 12.1 Å². The van der Waals surface area contributed by atoms with Crippen LogP contribution in [0.4, 0.5) is 4.39 Å². The minimum atomic E-state index is -1.25. The molecule has 0 bridgehead atoms. The summed E-state index contributed by atoms with van der Waals surface area (Å²) in [5, 5.41) is 18.5. The summed E-state index contributed by atoms with van der Waals surface area (Å²) >= 11 is 0. The van der Waals surface area contributed by atoms with Gasteiger partial charge in [0.05, 0.1) is 18.2 Å². The first-order valence-electron chi connectivity index (χ1n) is 5.47. The van der Waals surface area contributed by atoms with E-state index in [-0.39, 0.29) is 16.9 Å². The van der Waals surface area contributed by atoms with E-state index in [1.54, 1.807) is 6.92 Å². The Hall–Kier alpha value is -1.84. The Morgan fingerprint density at radius 2 is 2.44 bits per heavy atom. The van der Waals surface area contributed by atoms with Crippen molar-refractivity contribution in [3.8, 4) is 11.8 Å². The van der Waals surface area contributed by atoms with Gasteiger partial charge in [0.25, 0.3) is 0 Å². The molecule has 0 fully saturated rings. The molecular formula is C12H11BFNO3. The van der Waals surface area contributed by atoms with E-state index in [2.05, 4.69) is 6.58 Å². The van der Waals surface area contributed by atoms with Gasteiger partial charge in [0.2, 0.25) is 0 Å². The fraction of sp³-hybridized carbons (Fsp3) is 0.250. The van der Waals surface area contributed by atoms with Gasteiger partial charge >= 0.3 is 7.12 Å². The second kappa shape index (κ2) is 4.80. The number of fused-ring (bicyclic) bond motifs is 1. The van der Waals surface area contributed by atoms with Crippen molar-refractivity contribution in [1.82, 2.24) is 0 Å². The molecule has 1 aliphatic heterocycles. The highest BCUT2D eigenvalue weighted by Gasteiger charge is 2.39. The molecule has 0 aliphatic carbocycles. The van der Waals surface area contributed by atoms with Crippen molar-refractivity contribution in [1.29, 1.82) is 5.26 Å². The highest BCUT2D eigenvalue weighted by atomic mass is 19.1. The first-order chi connectivity index (χ1) is 8.60. The van der Waals surface area contributed by atoms with Gasteiger partial charge in [0.15, 0.2) is 11.6 Å². The predicted octanol–water partition coefficient (Wildman–Crippen LogP) is 1.06. The molecule has 4 nitrogen and oxygen atoms in total. The van der Waals surface area contributed by atoms with Crippen LogP contribution >= 0.6 is 0 Å². The smallest absolute Gasteiger partial charge is 0.491 e. The van der Waals surface area contributed by atoms with E-state index in [1.807, 2.05) is 6.07 Å². The van der Waals surface area contributed by atoms with Crippen LogP contribution in [-0.2, 0) is 4.65 Å². The molecule has 0 spiro atoms. The summed E-state index contributed by atoms with van der Waals surface area (Å²) in [6, 6.07) is 4.77. The summed E-state index contributed by atoms with van der Waals surface area (Å²) in [4.78, 5) is 0. The average Bonchev–Trinajstić information content (AvgIpc) is 2.70. The standard InChI is InChI=1S/C12H11BFNO3/c1-3-17-9-5-4-8-10(11(9)14)12(7(2)6-15)18-13(8)16/h4-5,12,16H,2-3H2,1H3. The first-order valence-corrected chi connectivity index (χ1v) is 5.47. The third-order valence-corrected chi connectivity index (χ3v) is 2.73. The Labute approximate surface area is 104 Å². The number of nitriles is 1. The Morgan fingerprint density at radius 1 is 1.72 bits per heavy atom. The van der Waals surface area contributed by atoms with Crippen molar-refractivity contribution in [2.24, 2.45) is 0 Å². The van der Waals surface area contributed by atoms with E-state index in [4.69, 9.17) is 14.7 Å². The summed E-state index contributed by atoms with van der Waals surface area (Å²) in [6.45, 7) is 5.56. The zero-order chi connectivity index (χ0) is 13.3. The Kier molecular flexibility index (Phi) is 3.37. The molecule has 0 saturated carbocycles. The molecule has 1 aromatic rings. The maximum absolute atomic E-state index is 14.2. The molecule has 92 valence electrons. The van der Waals surface area contributed by atoms with E-state index in [0.717, 1.165) is 0 Å². The van der Waals surface area contributed by atoms with E-state index in [1.165, 1.54) is 12.1 Å². The van der Waals surface area contributed by atoms with Crippen LogP contribution in [0.1, 0.15) is 18.6 Å². The molecule has 0 radical (unpaired) electrons. The minimum Gasteiger partial charge on any atom is -0.491 e. The average molecular weight is 247 g/mol. The maximum Gasteiger partial charge on any atom is 0.492 e. The zero-order valence-corrected chi connectivity index (χ0v) is 9.81. The molecule has 2 rings (SSSR count). The van der Waals surface area contributed by atoms with Gasteiger partial charge in [-0.3, -0.25) is 0 Å². The van der Waals surface area contributed by atoms with Crippen LogP contribution in [0.5, 0.6) is 5.75 Å². The third-order valence-electron chi connectivity index (χ3n) is 2.73. The van der Waals surface area contributed by atoms with Crippen molar-refractivity contribution in [3.63, 3.8) is 0 Å². The van der Waals surface area contributed by atoms with Crippen LogP contribution < -0.4 is 10.2 Å². The maximum atomic E-state index is 14.2. The molecule has 0 amide bonds. The lowest BCUT2D eigenvalue weighted by atomic mass is 9.79. The van der Waals surface area contributed by atoms with Gasteiger partial charge in [-0.1, -0.05) is 12.6 Å². The van der Waals surface area contributed by atoms with E-state index < -0.39 is 19.0 Å². The fourth-order valence-electron chi connectivity index (χ4n) is 1.92. The van der Waals surface area contributed by atoms with Gasteiger partial charge in [-0.05, 0) is 18.5 Å². The van der Waals surface area contributed by atoms with Crippen molar-refractivity contribution in [3.05, 3.63) is 35.7 Å². The van der Waals surface area contributed by atoms with Crippen molar-refractivity contribution in [2.45, 2.75) is 13.0 Å². The second-order valence-corrected chi connectivity index (χ2v) is 3.82. The molecule has 18 heavy (non-hydrogen) atoms. The SMILES string of the molecule is C=C(C#N)C1OB(O)c2ccc(OCC)c(F)c21. The minimum absolute atomic E-state index is 0.0420. The highest BCUT2D eigenvalue weighted by molar-refractivity contribution is 6.61. The summed E-state index contributed by atoms with van der Waals surface area (Å²) < 4.78 is 24.5. The Balaban J connectivity index is 2.53. The van der Waals surface area contributed by atoms with E-state index in [9.17, 15) is 9.41 Å². The summed E-state index contributed by atoms with van der Waals surface area (Å²) in [5.74, 6) is -0.544. The topological polar surface area (TPSA) is 62.5 Å². The lowest BCUT2D eigenvalue weighted by molar-refractivity contribution is 0.222. The molecule has 0 aromatic heterocycles. The van der Waals surface area contributed by atoms with Crippen molar-refractivity contribution < 1.29 is 18.8 Å². The van der Waals surface area contributed by atoms with Crippen LogP contribution in [0.15, 0.2) is 24.3 Å². The molecule has 1 N–H and O–H groups in total. The van der Waals surface area contributed by atoms with Crippen LogP contribution in [0.25, 0.3) is 0 Å². The molecule has 1 heterocycles. The largest absolute Gasteiger partial charge is 0.492 e. The van der Waals surface area contributed by atoms with Gasteiger partial charge in [0.1, 0.15) is 6.10 Å². The quantitative estimate of drug-likeness (QED) is 0.640. The van der Waals surface area contributed by atoms with Gasteiger partial charge in [0, 0.05) is 5.56 Å². The number of rotatable bonds is 3. The monoisotopic (exact) mass is 247 g/mol. The van der Waals surface area contributed by atoms with Crippen LogP contribution in [0, 0.1) is 17.1 Å². The van der Waals surface area contributed by atoms with Gasteiger partial charge in [-0.2, -0.15) is 5.26 Å². The van der Waals surface area contributed by atoms with Crippen LogP contribution in [0.3, 0.4) is 0 Å². The number of hydrogen-bond acceptors (Lipinski definition) is 4. The molecule has 0 saturated heterocycles. The van der Waals surface area contributed by atoms with E-state index >= 15 is 0 Å². The summed E-state index contributed by atoms with van der Waals surface area (Å²) in [7, 11) is -1.25. The summed E-state index contributed by atoms with van der Waals surface area (Å²) in [6.07, 6.45) is -0.958. The molecule has 1 unspecified atom stereocenters. The number of nitrogens with zero attached hydrogens (tertiary/aromatic N) is 1. The first kappa shape index (κ1) is 12.6. The predicted molar refractivity (Wildman–Crippen MR) is 63.8 cm³/mol. The number of ether oxygens (including phenoxy) is 1. The van der Waals surface area contributed by atoms with Crippen molar-refractivity contribution in [2.75, 3.05) is 6.61 Å². The normalized spacial score (nSPS) is 17.2. The zero-order valence-electron chi connectivity index (χ0n) is 9.81. The molecular weight excluding hydrogens is 236 g/mol. The van der Waals surface area contributed by atoms with Gasteiger partial charge in [-0.15, -0.1) is 0 Å². The number of hydrogen-bond donors (Lipinski definition) is 1. The van der Waals surface area contributed by atoms with Crippen molar-refractivity contribution >= 4 is 12.6 Å². The Bertz CT molecular complexity index is 541. The number of halogens is 1. The number of benzene rings is 1. The fourth-order valence-corrected chi connectivity index (χ4v) is 1.92. The van der Waals surface area contributed by atoms with Gasteiger partial charge < -0.3 is 14.4 Å². The molecule has 1 aliphatic rings. The van der Waals surface area contributed by atoms with Gasteiger partial charge in [-0.25, -0.2) is 4.39 Å². The lowest BCUT2D eigenvalue weighted by Gasteiger charge is -2.12. The molecule has 1 atom stereocenters.